The van der Waals surface area contributed by atoms with E-state index in [-0.39, 0.29) is 18.4 Å². The molecule has 0 bridgehead atoms. The second-order valence-electron chi connectivity index (χ2n) is 4.39. The first kappa shape index (κ1) is 13.2. The molecular weight excluding hydrogens is 246 g/mol. The zero-order valence-corrected chi connectivity index (χ0v) is 10.6. The Labute approximate surface area is 102 Å². The molecule has 2 fully saturated rings. The van der Waals surface area contributed by atoms with Crippen LogP contribution in [0, 0.1) is 0 Å². The lowest BCUT2D eigenvalue weighted by Gasteiger charge is -2.34. The molecule has 0 spiro atoms. The Bertz CT molecular complexity index is 339. The molecule has 0 amide bonds. The Morgan fingerprint density at radius 2 is 1.94 bits per heavy atom. The molecule has 1 atom stereocenters. The molecule has 2 rings (SSSR count). The van der Waals surface area contributed by atoms with Gasteiger partial charge in [0.1, 0.15) is 0 Å². The molecule has 0 aromatic heterocycles. The maximum Gasteiger partial charge on any atom is 0.217 e. The first-order chi connectivity index (χ1) is 8.14. The van der Waals surface area contributed by atoms with Crippen molar-refractivity contribution in [3.05, 3.63) is 0 Å². The molecule has 0 radical (unpaired) electrons. The van der Waals surface area contributed by atoms with E-state index in [0.717, 1.165) is 0 Å². The molecule has 0 saturated carbocycles. The second-order valence-corrected chi connectivity index (χ2v) is 6.60. The highest BCUT2D eigenvalue weighted by atomic mass is 32.2. The molecule has 2 saturated heterocycles. The topological polar surface area (TPSA) is 76.1 Å². The standard InChI is InChI=1S/C10H19NO5S/c12-8-9-7-11(3-6-16-9)17(13,14)10-1-4-15-5-2-10/h9-10,12H,1-8H2. The van der Waals surface area contributed by atoms with Crippen molar-refractivity contribution in [3.8, 4) is 0 Å². The van der Waals surface area contributed by atoms with Crippen molar-refractivity contribution in [3.63, 3.8) is 0 Å². The minimum absolute atomic E-state index is 0.139. The number of sulfonamides is 1. The predicted octanol–water partition coefficient (Wildman–Crippen LogP) is -0.812. The van der Waals surface area contributed by atoms with Gasteiger partial charge in [-0.25, -0.2) is 8.42 Å². The fourth-order valence-electron chi connectivity index (χ4n) is 2.22. The number of aliphatic hydroxyl groups excluding tert-OH is 1. The summed E-state index contributed by atoms with van der Waals surface area (Å²) >= 11 is 0. The van der Waals surface area contributed by atoms with Crippen LogP contribution in [-0.2, 0) is 19.5 Å². The maximum atomic E-state index is 12.3. The van der Waals surface area contributed by atoms with Gasteiger partial charge in [-0.05, 0) is 12.8 Å². The van der Waals surface area contributed by atoms with Crippen LogP contribution in [0.2, 0.25) is 0 Å². The summed E-state index contributed by atoms with van der Waals surface area (Å²) in [6.45, 7) is 1.88. The summed E-state index contributed by atoms with van der Waals surface area (Å²) in [4.78, 5) is 0. The molecule has 0 aliphatic carbocycles. The number of rotatable bonds is 3. The Kier molecular flexibility index (Phi) is 4.37. The second kappa shape index (κ2) is 5.62. The molecule has 2 heterocycles. The van der Waals surface area contributed by atoms with Gasteiger partial charge in [0.25, 0.3) is 0 Å². The third-order valence-electron chi connectivity index (χ3n) is 3.25. The largest absolute Gasteiger partial charge is 0.394 e. The van der Waals surface area contributed by atoms with E-state index in [0.29, 0.717) is 39.2 Å². The van der Waals surface area contributed by atoms with E-state index in [1.807, 2.05) is 0 Å². The molecule has 100 valence electrons. The van der Waals surface area contributed by atoms with Crippen molar-refractivity contribution >= 4 is 10.0 Å². The average Bonchev–Trinajstić information content (AvgIpc) is 2.40. The molecule has 17 heavy (non-hydrogen) atoms. The van der Waals surface area contributed by atoms with Gasteiger partial charge < -0.3 is 14.6 Å². The van der Waals surface area contributed by atoms with Crippen LogP contribution < -0.4 is 0 Å². The summed E-state index contributed by atoms with van der Waals surface area (Å²) in [5, 5.41) is 8.68. The van der Waals surface area contributed by atoms with Gasteiger partial charge >= 0.3 is 0 Å². The van der Waals surface area contributed by atoms with Crippen LogP contribution in [-0.4, -0.2) is 68.7 Å². The van der Waals surface area contributed by atoms with Gasteiger partial charge in [-0.15, -0.1) is 0 Å². The van der Waals surface area contributed by atoms with Crippen LogP contribution in [0.3, 0.4) is 0 Å². The van der Waals surface area contributed by atoms with Crippen LogP contribution in [0.15, 0.2) is 0 Å². The highest BCUT2D eigenvalue weighted by Crippen LogP contribution is 2.21. The third kappa shape index (κ3) is 2.97. The summed E-state index contributed by atoms with van der Waals surface area (Å²) in [6.07, 6.45) is 0.728. The Morgan fingerprint density at radius 1 is 1.24 bits per heavy atom. The van der Waals surface area contributed by atoms with E-state index in [1.54, 1.807) is 0 Å². The number of hydrogen-bond donors (Lipinski definition) is 1. The Hall–Kier alpha value is -0.210. The van der Waals surface area contributed by atoms with Crippen molar-refractivity contribution in [2.45, 2.75) is 24.2 Å². The van der Waals surface area contributed by atoms with Crippen molar-refractivity contribution in [2.75, 3.05) is 39.5 Å². The number of nitrogens with zero attached hydrogens (tertiary/aromatic N) is 1. The van der Waals surface area contributed by atoms with E-state index in [1.165, 1.54) is 4.31 Å². The van der Waals surface area contributed by atoms with E-state index < -0.39 is 16.1 Å². The number of morpholine rings is 1. The summed E-state index contributed by atoms with van der Waals surface area (Å²) in [6, 6.07) is 0. The zero-order chi connectivity index (χ0) is 12.3. The van der Waals surface area contributed by atoms with Gasteiger partial charge in [-0.2, -0.15) is 4.31 Å². The van der Waals surface area contributed by atoms with Crippen molar-refractivity contribution in [1.82, 2.24) is 4.31 Å². The minimum atomic E-state index is -3.27. The zero-order valence-electron chi connectivity index (χ0n) is 9.75. The Balaban J connectivity index is 2.03. The molecule has 2 aliphatic heterocycles. The van der Waals surface area contributed by atoms with Gasteiger partial charge in [0, 0.05) is 26.3 Å². The van der Waals surface area contributed by atoms with Crippen molar-refractivity contribution < 1.29 is 23.0 Å². The summed E-state index contributed by atoms with van der Waals surface area (Å²) in [5.74, 6) is 0. The number of hydrogen-bond acceptors (Lipinski definition) is 5. The van der Waals surface area contributed by atoms with Gasteiger partial charge in [0.05, 0.1) is 24.6 Å². The van der Waals surface area contributed by atoms with Crippen LogP contribution >= 0.6 is 0 Å². The lowest BCUT2D eigenvalue weighted by Crippen LogP contribution is -2.50. The average molecular weight is 265 g/mol. The highest BCUT2D eigenvalue weighted by Gasteiger charge is 2.36. The number of ether oxygens (including phenoxy) is 2. The van der Waals surface area contributed by atoms with Gasteiger partial charge in [0.2, 0.25) is 10.0 Å². The summed E-state index contributed by atoms with van der Waals surface area (Å²) in [5.41, 5.74) is 0. The van der Waals surface area contributed by atoms with E-state index in [2.05, 4.69) is 0 Å². The van der Waals surface area contributed by atoms with E-state index >= 15 is 0 Å². The monoisotopic (exact) mass is 265 g/mol. The minimum Gasteiger partial charge on any atom is -0.394 e. The smallest absolute Gasteiger partial charge is 0.217 e. The molecule has 6 nitrogen and oxygen atoms in total. The van der Waals surface area contributed by atoms with E-state index in [9.17, 15) is 8.42 Å². The van der Waals surface area contributed by atoms with Crippen molar-refractivity contribution in [2.24, 2.45) is 0 Å². The van der Waals surface area contributed by atoms with Crippen molar-refractivity contribution in [1.29, 1.82) is 0 Å². The first-order valence-corrected chi connectivity index (χ1v) is 7.44. The quantitative estimate of drug-likeness (QED) is 0.722. The molecule has 1 unspecified atom stereocenters. The lowest BCUT2D eigenvalue weighted by atomic mass is 10.2. The third-order valence-corrected chi connectivity index (χ3v) is 5.62. The summed E-state index contributed by atoms with van der Waals surface area (Å²) in [7, 11) is -3.27. The fourth-order valence-corrected chi connectivity index (χ4v) is 4.13. The van der Waals surface area contributed by atoms with Gasteiger partial charge in [-0.1, -0.05) is 0 Å². The maximum absolute atomic E-state index is 12.3. The van der Waals surface area contributed by atoms with Gasteiger partial charge in [0.15, 0.2) is 0 Å². The van der Waals surface area contributed by atoms with Crippen LogP contribution in [0.5, 0.6) is 0 Å². The molecular formula is C10H19NO5S. The molecule has 2 aliphatic rings. The normalized spacial score (nSPS) is 29.4. The van der Waals surface area contributed by atoms with Crippen LogP contribution in [0.4, 0.5) is 0 Å². The molecule has 1 N–H and O–H groups in total. The van der Waals surface area contributed by atoms with Crippen LogP contribution in [0.1, 0.15) is 12.8 Å². The number of aliphatic hydroxyl groups is 1. The molecule has 0 aromatic carbocycles. The molecule has 0 aromatic rings. The summed E-state index contributed by atoms with van der Waals surface area (Å²) < 4.78 is 36.6. The predicted molar refractivity (Wildman–Crippen MR) is 61.2 cm³/mol. The van der Waals surface area contributed by atoms with Gasteiger partial charge in [-0.3, -0.25) is 0 Å². The fraction of sp³-hybridized carbons (Fsp3) is 1.00. The highest BCUT2D eigenvalue weighted by molar-refractivity contribution is 7.89. The SMILES string of the molecule is O=S(=O)(C1CCOCC1)N1CCOC(CO)C1. The molecule has 7 heteroatoms. The lowest BCUT2D eigenvalue weighted by molar-refractivity contribution is -0.0310. The van der Waals surface area contributed by atoms with Crippen LogP contribution in [0.25, 0.3) is 0 Å². The van der Waals surface area contributed by atoms with E-state index in [4.69, 9.17) is 14.6 Å². The first-order valence-electron chi connectivity index (χ1n) is 5.94. The Morgan fingerprint density at radius 3 is 2.59 bits per heavy atom.